The van der Waals surface area contributed by atoms with Gasteiger partial charge < -0.3 is 14.8 Å². The number of nitrogens with one attached hydrogen (secondary N) is 1. The molecule has 2 heterocycles. The van der Waals surface area contributed by atoms with E-state index >= 15 is 0 Å². The first-order valence-corrected chi connectivity index (χ1v) is 6.73. The highest BCUT2D eigenvalue weighted by molar-refractivity contribution is 5.97. The number of carbonyl (C=O) groups excluding carboxylic acids is 1. The van der Waals surface area contributed by atoms with Crippen LogP contribution in [0.25, 0.3) is 0 Å². The number of rotatable bonds is 3. The number of carbonyl (C=O) groups is 1. The summed E-state index contributed by atoms with van der Waals surface area (Å²) < 4.78 is 10.6. The third-order valence-electron chi connectivity index (χ3n) is 3.54. The molecule has 1 atom stereocenters. The first-order valence-electron chi connectivity index (χ1n) is 6.73. The highest BCUT2D eigenvalue weighted by Gasteiger charge is 2.30. The standard InChI is InChI=1S/C16H16N2O3/c1-10-13(7-8-15(17-10)20-2)18-16(19)12-9-21-14-6-4-3-5-11(12)14/h3-8,12H,9H2,1-2H3,(H,18,19)/t12-/m1/s1. The van der Waals surface area contributed by atoms with E-state index in [0.717, 1.165) is 17.0 Å². The minimum atomic E-state index is -0.289. The Balaban J connectivity index is 1.79. The number of anilines is 1. The van der Waals surface area contributed by atoms with Crippen molar-refractivity contribution < 1.29 is 14.3 Å². The molecule has 1 aromatic carbocycles. The lowest BCUT2D eigenvalue weighted by molar-refractivity contribution is -0.117. The molecule has 0 aliphatic carbocycles. The predicted molar refractivity (Wildman–Crippen MR) is 78.8 cm³/mol. The monoisotopic (exact) mass is 284 g/mol. The Morgan fingerprint density at radius 2 is 2.14 bits per heavy atom. The van der Waals surface area contributed by atoms with Crippen LogP contribution in [0.15, 0.2) is 36.4 Å². The Morgan fingerprint density at radius 3 is 2.90 bits per heavy atom. The molecule has 0 bridgehead atoms. The van der Waals surface area contributed by atoms with Crippen molar-refractivity contribution in [2.24, 2.45) is 0 Å². The molecule has 1 aromatic heterocycles. The van der Waals surface area contributed by atoms with Crippen molar-refractivity contribution in [2.75, 3.05) is 19.0 Å². The summed E-state index contributed by atoms with van der Waals surface area (Å²) in [6, 6.07) is 11.1. The average molecular weight is 284 g/mol. The number of hydrogen-bond acceptors (Lipinski definition) is 4. The van der Waals surface area contributed by atoms with Gasteiger partial charge in [0.25, 0.3) is 0 Å². The molecule has 2 aromatic rings. The van der Waals surface area contributed by atoms with Crippen LogP contribution in [0.3, 0.4) is 0 Å². The number of aryl methyl sites for hydroxylation is 1. The zero-order chi connectivity index (χ0) is 14.8. The van der Waals surface area contributed by atoms with Gasteiger partial charge in [-0.3, -0.25) is 4.79 Å². The molecular weight excluding hydrogens is 268 g/mol. The summed E-state index contributed by atoms with van der Waals surface area (Å²) in [7, 11) is 1.56. The maximum atomic E-state index is 12.4. The van der Waals surface area contributed by atoms with Crippen LogP contribution in [0, 0.1) is 6.92 Å². The van der Waals surface area contributed by atoms with Crippen LogP contribution in [0.4, 0.5) is 5.69 Å². The highest BCUT2D eigenvalue weighted by Crippen LogP contribution is 2.34. The van der Waals surface area contributed by atoms with Crippen LogP contribution in [0.1, 0.15) is 17.2 Å². The lowest BCUT2D eigenvalue weighted by Crippen LogP contribution is -2.22. The number of para-hydroxylation sites is 1. The van der Waals surface area contributed by atoms with Crippen molar-refractivity contribution in [3.8, 4) is 11.6 Å². The first-order chi connectivity index (χ1) is 10.2. The Labute approximate surface area is 122 Å². The Morgan fingerprint density at radius 1 is 1.33 bits per heavy atom. The number of nitrogens with zero attached hydrogens (tertiary/aromatic N) is 1. The van der Waals surface area contributed by atoms with Crippen molar-refractivity contribution in [3.05, 3.63) is 47.7 Å². The van der Waals surface area contributed by atoms with Gasteiger partial charge in [-0.1, -0.05) is 18.2 Å². The van der Waals surface area contributed by atoms with Crippen LogP contribution in [0.2, 0.25) is 0 Å². The summed E-state index contributed by atoms with van der Waals surface area (Å²) in [6.07, 6.45) is 0. The van der Waals surface area contributed by atoms with E-state index in [1.165, 1.54) is 0 Å². The van der Waals surface area contributed by atoms with Crippen molar-refractivity contribution in [2.45, 2.75) is 12.8 Å². The van der Waals surface area contributed by atoms with Crippen LogP contribution in [-0.4, -0.2) is 24.6 Å². The third-order valence-corrected chi connectivity index (χ3v) is 3.54. The topological polar surface area (TPSA) is 60.5 Å². The van der Waals surface area contributed by atoms with E-state index in [1.807, 2.05) is 31.2 Å². The molecule has 21 heavy (non-hydrogen) atoms. The van der Waals surface area contributed by atoms with E-state index in [4.69, 9.17) is 9.47 Å². The van der Waals surface area contributed by atoms with Crippen molar-refractivity contribution in [3.63, 3.8) is 0 Å². The molecule has 0 radical (unpaired) electrons. The number of aromatic nitrogens is 1. The third kappa shape index (κ3) is 2.54. The zero-order valence-corrected chi connectivity index (χ0v) is 11.9. The molecule has 1 aliphatic rings. The summed E-state index contributed by atoms with van der Waals surface area (Å²) in [5, 5.41) is 2.91. The van der Waals surface area contributed by atoms with E-state index < -0.39 is 0 Å². The maximum Gasteiger partial charge on any atom is 0.235 e. The van der Waals surface area contributed by atoms with Crippen molar-refractivity contribution in [1.29, 1.82) is 0 Å². The van der Waals surface area contributed by atoms with Gasteiger partial charge in [0.05, 0.1) is 18.5 Å². The number of fused-ring (bicyclic) bond motifs is 1. The number of hydrogen-bond donors (Lipinski definition) is 1. The van der Waals surface area contributed by atoms with Gasteiger partial charge in [0, 0.05) is 11.6 Å². The molecule has 0 fully saturated rings. The summed E-state index contributed by atoms with van der Waals surface area (Å²) in [5.74, 6) is 0.931. The highest BCUT2D eigenvalue weighted by atomic mass is 16.5. The van der Waals surface area contributed by atoms with Crippen LogP contribution < -0.4 is 14.8 Å². The van der Waals surface area contributed by atoms with Gasteiger partial charge in [-0.15, -0.1) is 0 Å². The van der Waals surface area contributed by atoms with Crippen LogP contribution >= 0.6 is 0 Å². The molecule has 5 nitrogen and oxygen atoms in total. The molecule has 1 amide bonds. The fraction of sp³-hybridized carbons (Fsp3) is 0.250. The van der Waals surface area contributed by atoms with Crippen LogP contribution in [-0.2, 0) is 4.79 Å². The van der Waals surface area contributed by atoms with Gasteiger partial charge in [-0.05, 0) is 19.1 Å². The van der Waals surface area contributed by atoms with Crippen molar-refractivity contribution in [1.82, 2.24) is 4.98 Å². The van der Waals surface area contributed by atoms with E-state index in [9.17, 15) is 4.79 Å². The summed E-state index contributed by atoms with van der Waals surface area (Å²) >= 11 is 0. The summed E-state index contributed by atoms with van der Waals surface area (Å²) in [5.41, 5.74) is 2.33. The molecule has 0 saturated heterocycles. The molecule has 5 heteroatoms. The van der Waals surface area contributed by atoms with Gasteiger partial charge in [0.1, 0.15) is 18.3 Å². The van der Waals surface area contributed by atoms with E-state index in [2.05, 4.69) is 10.3 Å². The summed E-state index contributed by atoms with van der Waals surface area (Å²) in [4.78, 5) is 16.7. The predicted octanol–water partition coefficient (Wildman–Crippen LogP) is 2.51. The van der Waals surface area contributed by atoms with Gasteiger partial charge in [0.2, 0.25) is 11.8 Å². The zero-order valence-electron chi connectivity index (χ0n) is 11.9. The minimum Gasteiger partial charge on any atom is -0.492 e. The lowest BCUT2D eigenvalue weighted by atomic mass is 10.0. The van der Waals surface area contributed by atoms with Crippen molar-refractivity contribution >= 4 is 11.6 Å². The van der Waals surface area contributed by atoms with Gasteiger partial charge in [0.15, 0.2) is 0 Å². The quantitative estimate of drug-likeness (QED) is 0.940. The molecule has 1 aliphatic heterocycles. The van der Waals surface area contributed by atoms with Gasteiger partial charge in [-0.25, -0.2) is 4.98 Å². The molecule has 1 N–H and O–H groups in total. The van der Waals surface area contributed by atoms with E-state index in [1.54, 1.807) is 19.2 Å². The SMILES string of the molecule is COc1ccc(NC(=O)[C@@H]2COc3ccccc32)c(C)n1. The number of benzene rings is 1. The number of methoxy groups -OCH3 is 1. The molecule has 108 valence electrons. The fourth-order valence-electron chi connectivity index (χ4n) is 2.38. The van der Waals surface area contributed by atoms with Gasteiger partial charge in [-0.2, -0.15) is 0 Å². The number of pyridine rings is 1. The average Bonchev–Trinajstić information content (AvgIpc) is 2.93. The second-order valence-corrected chi connectivity index (χ2v) is 4.88. The second-order valence-electron chi connectivity index (χ2n) is 4.88. The molecule has 0 spiro atoms. The van der Waals surface area contributed by atoms with Crippen LogP contribution in [0.5, 0.6) is 11.6 Å². The smallest absolute Gasteiger partial charge is 0.235 e. The number of amides is 1. The maximum absolute atomic E-state index is 12.4. The number of ether oxygens (including phenoxy) is 2. The minimum absolute atomic E-state index is 0.0879. The lowest BCUT2D eigenvalue weighted by Gasteiger charge is -2.12. The van der Waals surface area contributed by atoms with E-state index in [-0.39, 0.29) is 11.8 Å². The largest absolute Gasteiger partial charge is 0.492 e. The molecule has 0 unspecified atom stereocenters. The normalized spacial score (nSPS) is 16.0. The molecular formula is C16H16N2O3. The van der Waals surface area contributed by atoms with E-state index in [0.29, 0.717) is 18.2 Å². The fourth-order valence-corrected chi connectivity index (χ4v) is 2.38. The molecule has 3 rings (SSSR count). The Kier molecular flexibility index (Phi) is 3.48. The first kappa shape index (κ1) is 13.4. The Hall–Kier alpha value is -2.56. The molecule has 0 saturated carbocycles. The Bertz CT molecular complexity index is 685. The second kappa shape index (κ2) is 5.44. The summed E-state index contributed by atoms with van der Waals surface area (Å²) in [6.45, 7) is 2.20. The van der Waals surface area contributed by atoms with Gasteiger partial charge >= 0.3 is 0 Å².